The van der Waals surface area contributed by atoms with Gasteiger partial charge in [-0.25, -0.2) is 0 Å². The number of thioether (sulfide) groups is 1. The molecule has 2 unspecified atom stereocenters. The van der Waals surface area contributed by atoms with Crippen molar-refractivity contribution in [2.75, 3.05) is 19.8 Å². The Balaban J connectivity index is 3.01. The molecule has 0 aliphatic carbocycles. The van der Waals surface area contributed by atoms with E-state index >= 15 is 0 Å². The summed E-state index contributed by atoms with van der Waals surface area (Å²) in [7, 11) is 3.42. The number of Topliss-reactive ketones (excluding diaryl/α,β-unsaturated/α-hetero) is 1. The summed E-state index contributed by atoms with van der Waals surface area (Å²) in [4.78, 5) is 25.7. The van der Waals surface area contributed by atoms with Gasteiger partial charge in [0.1, 0.15) is 4.75 Å². The molecule has 0 radical (unpaired) electrons. The SMILES string of the molecule is C[C@@H](N)C(=O)C1(C)CSC1(C)C(=O)N(C)C. The molecule has 4 nitrogen and oxygen atoms in total. The maximum absolute atomic E-state index is 12.1. The van der Waals surface area contributed by atoms with E-state index in [1.54, 1.807) is 25.9 Å². The highest BCUT2D eigenvalue weighted by molar-refractivity contribution is 8.03. The molecule has 0 aromatic carbocycles. The zero-order valence-corrected chi connectivity index (χ0v) is 11.4. The van der Waals surface area contributed by atoms with Crippen LogP contribution in [0.25, 0.3) is 0 Å². The number of ketones is 1. The second-order valence-corrected chi connectivity index (χ2v) is 6.40. The van der Waals surface area contributed by atoms with Crippen molar-refractivity contribution >= 4 is 23.5 Å². The quantitative estimate of drug-likeness (QED) is 0.785. The van der Waals surface area contributed by atoms with E-state index in [-0.39, 0.29) is 11.7 Å². The second-order valence-electron chi connectivity index (χ2n) is 5.01. The topological polar surface area (TPSA) is 63.4 Å². The number of nitrogens with two attached hydrogens (primary N) is 1. The molecule has 0 saturated carbocycles. The molecule has 1 heterocycles. The smallest absolute Gasteiger partial charge is 0.239 e. The first kappa shape index (κ1) is 13.5. The summed E-state index contributed by atoms with van der Waals surface area (Å²) in [6.07, 6.45) is 0. The first-order chi connectivity index (χ1) is 7.17. The van der Waals surface area contributed by atoms with Gasteiger partial charge in [0.25, 0.3) is 0 Å². The van der Waals surface area contributed by atoms with Gasteiger partial charge in [-0.3, -0.25) is 9.59 Å². The largest absolute Gasteiger partial charge is 0.348 e. The van der Waals surface area contributed by atoms with Crippen molar-refractivity contribution in [2.24, 2.45) is 11.1 Å². The van der Waals surface area contributed by atoms with E-state index in [4.69, 9.17) is 5.73 Å². The molecule has 0 bridgehead atoms. The van der Waals surface area contributed by atoms with Gasteiger partial charge in [-0.05, 0) is 20.8 Å². The van der Waals surface area contributed by atoms with Crippen LogP contribution in [0.3, 0.4) is 0 Å². The third kappa shape index (κ3) is 1.66. The number of amides is 1. The van der Waals surface area contributed by atoms with Crippen LogP contribution in [0.4, 0.5) is 0 Å². The Morgan fingerprint density at radius 3 is 2.12 bits per heavy atom. The van der Waals surface area contributed by atoms with Crippen molar-refractivity contribution in [3.63, 3.8) is 0 Å². The normalized spacial score (nSPS) is 35.1. The molecule has 1 aliphatic rings. The van der Waals surface area contributed by atoms with Crippen molar-refractivity contribution in [1.29, 1.82) is 0 Å². The Hall–Kier alpha value is -0.550. The highest BCUT2D eigenvalue weighted by Gasteiger charge is 2.63. The standard InChI is InChI=1S/C11H20N2O2S/c1-7(12)8(14)10(2)6-16-11(10,3)9(15)13(4)5/h7H,6,12H2,1-5H3/t7-,10?,11?/m1/s1. The van der Waals surface area contributed by atoms with E-state index in [2.05, 4.69) is 0 Å². The number of nitrogens with zero attached hydrogens (tertiary/aromatic N) is 1. The summed E-state index contributed by atoms with van der Waals surface area (Å²) in [5.74, 6) is 0.632. The lowest BCUT2D eigenvalue weighted by molar-refractivity contribution is -0.142. The van der Waals surface area contributed by atoms with Gasteiger partial charge in [0.2, 0.25) is 5.91 Å². The molecule has 0 aromatic heterocycles. The summed E-state index contributed by atoms with van der Waals surface area (Å²) in [6.45, 7) is 5.36. The molecule has 16 heavy (non-hydrogen) atoms. The van der Waals surface area contributed by atoms with Crippen LogP contribution in [-0.2, 0) is 9.59 Å². The summed E-state index contributed by atoms with van der Waals surface area (Å²) < 4.78 is -0.665. The summed E-state index contributed by atoms with van der Waals surface area (Å²) in [5, 5.41) is 0. The van der Waals surface area contributed by atoms with Gasteiger partial charge in [0.05, 0.1) is 11.5 Å². The first-order valence-corrected chi connectivity index (χ1v) is 6.31. The summed E-state index contributed by atoms with van der Waals surface area (Å²) >= 11 is 1.53. The second kappa shape index (κ2) is 4.04. The number of carbonyl (C=O) groups excluding carboxylic acids is 2. The fourth-order valence-corrected chi connectivity index (χ4v) is 3.60. The summed E-state index contributed by atoms with van der Waals surface area (Å²) in [5.41, 5.74) is 5.01. The molecule has 2 N–H and O–H groups in total. The Morgan fingerprint density at radius 1 is 1.38 bits per heavy atom. The van der Waals surface area contributed by atoms with E-state index in [0.717, 1.165) is 0 Å². The fraction of sp³-hybridized carbons (Fsp3) is 0.818. The lowest BCUT2D eigenvalue weighted by Crippen LogP contribution is -2.66. The molecule has 92 valence electrons. The van der Waals surface area contributed by atoms with Gasteiger partial charge in [-0.1, -0.05) is 0 Å². The van der Waals surface area contributed by atoms with Crippen LogP contribution in [0.2, 0.25) is 0 Å². The van der Waals surface area contributed by atoms with Crippen LogP contribution in [0.15, 0.2) is 0 Å². The molecular weight excluding hydrogens is 224 g/mol. The molecule has 3 atom stereocenters. The van der Waals surface area contributed by atoms with Gasteiger partial charge in [0, 0.05) is 19.8 Å². The van der Waals surface area contributed by atoms with Gasteiger partial charge >= 0.3 is 0 Å². The Kier molecular flexibility index (Phi) is 3.41. The van der Waals surface area contributed by atoms with Crippen LogP contribution >= 0.6 is 11.8 Å². The van der Waals surface area contributed by atoms with E-state index in [1.165, 1.54) is 11.8 Å². The molecule has 1 amide bonds. The van der Waals surface area contributed by atoms with E-state index in [0.29, 0.717) is 5.75 Å². The average molecular weight is 244 g/mol. The van der Waals surface area contributed by atoms with E-state index in [1.807, 2.05) is 13.8 Å². The maximum Gasteiger partial charge on any atom is 0.239 e. The summed E-state index contributed by atoms with van der Waals surface area (Å²) in [6, 6.07) is -0.514. The van der Waals surface area contributed by atoms with Crippen LogP contribution < -0.4 is 5.73 Å². The monoisotopic (exact) mass is 244 g/mol. The maximum atomic E-state index is 12.1. The van der Waals surface area contributed by atoms with Crippen molar-refractivity contribution in [1.82, 2.24) is 4.90 Å². The minimum Gasteiger partial charge on any atom is -0.348 e. The Bertz CT molecular complexity index is 298. The van der Waals surface area contributed by atoms with Gasteiger partial charge in [0.15, 0.2) is 5.78 Å². The van der Waals surface area contributed by atoms with E-state index < -0.39 is 16.2 Å². The Labute approximate surface area is 101 Å². The van der Waals surface area contributed by atoms with Crippen LogP contribution in [0.5, 0.6) is 0 Å². The zero-order valence-electron chi connectivity index (χ0n) is 10.5. The van der Waals surface area contributed by atoms with Crippen molar-refractivity contribution in [3.05, 3.63) is 0 Å². The lowest BCUT2D eigenvalue weighted by atomic mass is 9.71. The third-order valence-electron chi connectivity index (χ3n) is 3.47. The van der Waals surface area contributed by atoms with Crippen LogP contribution in [0, 0.1) is 5.41 Å². The fourth-order valence-electron chi connectivity index (χ4n) is 2.04. The third-order valence-corrected chi connectivity index (χ3v) is 5.40. The first-order valence-electron chi connectivity index (χ1n) is 5.32. The molecule has 1 aliphatic heterocycles. The highest BCUT2D eigenvalue weighted by atomic mass is 32.2. The van der Waals surface area contributed by atoms with Crippen molar-refractivity contribution in [3.8, 4) is 0 Å². The van der Waals surface area contributed by atoms with Crippen LogP contribution in [-0.4, -0.2) is 47.2 Å². The van der Waals surface area contributed by atoms with E-state index in [9.17, 15) is 9.59 Å². The highest BCUT2D eigenvalue weighted by Crippen LogP contribution is 2.56. The molecule has 1 fully saturated rings. The number of hydrogen-bond donors (Lipinski definition) is 1. The predicted octanol–water partition coefficient (Wildman–Crippen LogP) is 0.503. The minimum absolute atomic E-state index is 0.0137. The van der Waals surface area contributed by atoms with Gasteiger partial charge in [-0.15, -0.1) is 11.8 Å². The number of carbonyl (C=O) groups is 2. The van der Waals surface area contributed by atoms with Crippen molar-refractivity contribution < 1.29 is 9.59 Å². The molecule has 5 heteroatoms. The molecule has 0 spiro atoms. The number of rotatable bonds is 3. The van der Waals surface area contributed by atoms with Gasteiger partial charge in [-0.2, -0.15) is 0 Å². The molecule has 1 rings (SSSR count). The van der Waals surface area contributed by atoms with Crippen molar-refractivity contribution in [2.45, 2.75) is 31.6 Å². The van der Waals surface area contributed by atoms with Gasteiger partial charge < -0.3 is 10.6 Å². The molecule has 0 aromatic rings. The zero-order chi connectivity index (χ0) is 12.7. The minimum atomic E-state index is -0.665. The number of hydrogen-bond acceptors (Lipinski definition) is 4. The molecule has 1 saturated heterocycles. The average Bonchev–Trinajstić information content (AvgIpc) is 2.22. The Morgan fingerprint density at radius 2 is 1.88 bits per heavy atom. The lowest BCUT2D eigenvalue weighted by Gasteiger charge is -2.53. The molecular formula is C11H20N2O2S. The predicted molar refractivity (Wildman–Crippen MR) is 66.3 cm³/mol. The van der Waals surface area contributed by atoms with Crippen LogP contribution in [0.1, 0.15) is 20.8 Å².